The van der Waals surface area contributed by atoms with Crippen LogP contribution >= 0.6 is 45.9 Å². The van der Waals surface area contributed by atoms with E-state index in [1.54, 1.807) is 6.07 Å². The van der Waals surface area contributed by atoms with E-state index in [-0.39, 0.29) is 5.91 Å². The van der Waals surface area contributed by atoms with Gasteiger partial charge >= 0.3 is 0 Å². The predicted octanol–water partition coefficient (Wildman–Crippen LogP) is 5.99. The number of thiophene rings is 1. The fourth-order valence-electron chi connectivity index (χ4n) is 2.82. The number of hydrogen-bond acceptors (Lipinski definition) is 3. The summed E-state index contributed by atoms with van der Waals surface area (Å²) in [6.45, 7) is 2.77. The van der Waals surface area contributed by atoms with Gasteiger partial charge in [0.05, 0.1) is 20.1 Å². The Bertz CT molecular complexity index is 1190. The Morgan fingerprint density at radius 2 is 1.96 bits per heavy atom. The molecule has 3 nitrogen and oxygen atoms in total. The Hall–Kier alpha value is -1.66. The minimum absolute atomic E-state index is 0.349. The zero-order chi connectivity index (χ0) is 17.6. The highest BCUT2D eigenvalue weighted by Gasteiger charge is 2.15. The van der Waals surface area contributed by atoms with Crippen molar-refractivity contribution in [3.05, 3.63) is 61.5 Å². The molecule has 4 rings (SSSR count). The highest BCUT2D eigenvalue weighted by Crippen LogP contribution is 2.32. The van der Waals surface area contributed by atoms with Crippen LogP contribution in [-0.4, -0.2) is 10.5 Å². The molecule has 2 aromatic carbocycles. The normalized spacial score (nSPS) is 12.4. The van der Waals surface area contributed by atoms with Gasteiger partial charge < -0.3 is 4.57 Å². The Morgan fingerprint density at radius 3 is 2.68 bits per heavy atom. The van der Waals surface area contributed by atoms with Crippen molar-refractivity contribution in [2.75, 3.05) is 0 Å². The number of thiazole rings is 1. The molecule has 0 aliphatic rings. The summed E-state index contributed by atoms with van der Waals surface area (Å²) in [4.78, 5) is 17.5. The summed E-state index contributed by atoms with van der Waals surface area (Å²) in [7, 11) is 0. The third-order valence-electron chi connectivity index (χ3n) is 3.97. The molecule has 0 spiro atoms. The van der Waals surface area contributed by atoms with E-state index >= 15 is 0 Å². The first-order valence-corrected chi connectivity index (χ1v) is 10.0. The quantitative estimate of drug-likeness (QED) is 0.402. The lowest BCUT2D eigenvalue weighted by molar-refractivity contribution is 0.0998. The largest absolute Gasteiger partial charge is 0.317 e. The molecule has 0 atom stereocenters. The van der Waals surface area contributed by atoms with E-state index in [2.05, 4.69) is 29.3 Å². The lowest BCUT2D eigenvalue weighted by atomic mass is 10.1. The average molecular weight is 407 g/mol. The Labute approximate surface area is 161 Å². The number of carbonyl (C=O) groups is 1. The van der Waals surface area contributed by atoms with Crippen LogP contribution in [0.15, 0.2) is 47.5 Å². The third-order valence-corrected chi connectivity index (χ3v) is 6.59. The molecule has 0 radical (unpaired) electrons. The zero-order valence-electron chi connectivity index (χ0n) is 13.1. The van der Waals surface area contributed by atoms with Crippen LogP contribution < -0.4 is 4.80 Å². The second kappa shape index (κ2) is 6.57. The Kier molecular flexibility index (Phi) is 4.41. The van der Waals surface area contributed by atoms with E-state index in [4.69, 9.17) is 23.2 Å². The molecular weight excluding hydrogens is 395 g/mol. The van der Waals surface area contributed by atoms with Crippen molar-refractivity contribution in [3.8, 4) is 0 Å². The second-order valence-corrected chi connectivity index (χ2v) is 8.68. The van der Waals surface area contributed by atoms with E-state index in [0.717, 1.165) is 22.1 Å². The molecule has 4 aromatic rings. The summed E-state index contributed by atoms with van der Waals surface area (Å²) in [5, 5.41) is 2.34. The minimum atomic E-state index is -0.369. The first-order chi connectivity index (χ1) is 12.1. The molecule has 0 N–H and O–H groups in total. The van der Waals surface area contributed by atoms with Gasteiger partial charge in [-0.1, -0.05) is 64.9 Å². The molecule has 1 amide bonds. The average Bonchev–Trinajstić information content (AvgIpc) is 3.13. The number of fused-ring (bicyclic) bond motifs is 3. The van der Waals surface area contributed by atoms with Gasteiger partial charge in [0, 0.05) is 11.9 Å². The van der Waals surface area contributed by atoms with Crippen molar-refractivity contribution in [1.82, 2.24) is 4.57 Å². The van der Waals surface area contributed by atoms with E-state index in [1.165, 1.54) is 28.1 Å². The van der Waals surface area contributed by atoms with E-state index in [9.17, 15) is 4.79 Å². The van der Waals surface area contributed by atoms with Crippen LogP contribution in [0.2, 0.25) is 8.67 Å². The fraction of sp³-hybridized carbons (Fsp3) is 0.111. The molecule has 2 aromatic heterocycles. The number of benzene rings is 2. The van der Waals surface area contributed by atoms with Gasteiger partial charge in [-0.15, -0.1) is 11.3 Å². The maximum Gasteiger partial charge on any atom is 0.282 e. The maximum atomic E-state index is 12.5. The highest BCUT2D eigenvalue weighted by molar-refractivity contribution is 7.20. The molecule has 0 saturated heterocycles. The molecule has 126 valence electrons. The molecule has 7 heteroatoms. The van der Waals surface area contributed by atoms with Crippen molar-refractivity contribution in [1.29, 1.82) is 0 Å². The molecule has 0 unspecified atom stereocenters. The summed E-state index contributed by atoms with van der Waals surface area (Å²) < 4.78 is 4.02. The van der Waals surface area contributed by atoms with E-state index < -0.39 is 0 Å². The predicted molar refractivity (Wildman–Crippen MR) is 107 cm³/mol. The molecule has 0 aliphatic carbocycles. The number of halogens is 2. The monoisotopic (exact) mass is 406 g/mol. The van der Waals surface area contributed by atoms with Gasteiger partial charge in [-0.3, -0.25) is 4.79 Å². The smallest absolute Gasteiger partial charge is 0.282 e. The first kappa shape index (κ1) is 16.8. The number of nitrogens with zero attached hydrogens (tertiary/aromatic N) is 2. The topological polar surface area (TPSA) is 34.4 Å². The van der Waals surface area contributed by atoms with Crippen LogP contribution in [0.3, 0.4) is 0 Å². The van der Waals surface area contributed by atoms with Crippen LogP contribution in [0, 0.1) is 0 Å². The van der Waals surface area contributed by atoms with Crippen molar-refractivity contribution in [3.63, 3.8) is 0 Å². The van der Waals surface area contributed by atoms with Crippen molar-refractivity contribution < 1.29 is 4.79 Å². The number of hydrogen-bond donors (Lipinski definition) is 0. The van der Waals surface area contributed by atoms with Gasteiger partial charge in [0.25, 0.3) is 5.91 Å². The second-order valence-electron chi connectivity index (χ2n) is 5.42. The summed E-state index contributed by atoms with van der Waals surface area (Å²) in [6, 6.07) is 14.0. The van der Waals surface area contributed by atoms with Gasteiger partial charge in [0.15, 0.2) is 4.80 Å². The summed E-state index contributed by atoms with van der Waals surface area (Å²) in [5.74, 6) is -0.369. The molecule has 25 heavy (non-hydrogen) atoms. The van der Waals surface area contributed by atoms with Gasteiger partial charge in [-0.05, 0) is 24.4 Å². The number of carbonyl (C=O) groups excluding carboxylic acids is 1. The van der Waals surface area contributed by atoms with Gasteiger partial charge in [0.1, 0.15) is 4.34 Å². The number of aryl methyl sites for hydroxylation is 1. The molecule has 0 aliphatic heterocycles. The molecular formula is C18H12Cl2N2OS2. The van der Waals surface area contributed by atoms with Crippen LogP contribution in [0.4, 0.5) is 0 Å². The SMILES string of the molecule is CCn1c(=NC(=O)c2cc(Cl)sc2Cl)sc2c3ccccc3ccc21. The molecule has 0 bridgehead atoms. The number of aromatic nitrogens is 1. The van der Waals surface area contributed by atoms with Crippen molar-refractivity contribution >= 4 is 72.8 Å². The molecule has 0 saturated carbocycles. The summed E-state index contributed by atoms with van der Waals surface area (Å²) in [6.07, 6.45) is 0. The van der Waals surface area contributed by atoms with E-state index in [1.807, 2.05) is 23.6 Å². The summed E-state index contributed by atoms with van der Waals surface area (Å²) in [5.41, 5.74) is 1.42. The molecule has 2 heterocycles. The fourth-order valence-corrected chi connectivity index (χ4v) is 5.50. The van der Waals surface area contributed by atoms with Gasteiger partial charge in [-0.2, -0.15) is 4.99 Å². The third kappa shape index (κ3) is 2.91. The van der Waals surface area contributed by atoms with Crippen LogP contribution in [0.5, 0.6) is 0 Å². The highest BCUT2D eigenvalue weighted by atomic mass is 35.5. The first-order valence-electron chi connectivity index (χ1n) is 7.63. The standard InChI is InChI=1S/C18H12Cl2N2OS2/c1-2-22-13-8-7-10-5-3-4-6-11(10)15(13)25-18(22)21-17(23)12-9-14(19)24-16(12)20/h3-9H,2H2,1H3. The van der Waals surface area contributed by atoms with E-state index in [0.29, 0.717) is 19.0 Å². The van der Waals surface area contributed by atoms with Gasteiger partial charge in [-0.25, -0.2) is 0 Å². The van der Waals surface area contributed by atoms with Crippen LogP contribution in [0.25, 0.3) is 21.0 Å². The minimum Gasteiger partial charge on any atom is -0.317 e. The van der Waals surface area contributed by atoms with Crippen molar-refractivity contribution in [2.45, 2.75) is 13.5 Å². The van der Waals surface area contributed by atoms with Crippen LogP contribution in [0.1, 0.15) is 17.3 Å². The number of amides is 1. The maximum absolute atomic E-state index is 12.5. The summed E-state index contributed by atoms with van der Waals surface area (Å²) >= 11 is 14.7. The zero-order valence-corrected chi connectivity index (χ0v) is 16.3. The van der Waals surface area contributed by atoms with Crippen LogP contribution in [-0.2, 0) is 6.54 Å². The molecule has 0 fully saturated rings. The van der Waals surface area contributed by atoms with Crippen molar-refractivity contribution in [2.24, 2.45) is 4.99 Å². The Morgan fingerprint density at radius 1 is 1.16 bits per heavy atom. The number of rotatable bonds is 2. The Balaban J connectivity index is 1.96. The lowest BCUT2D eigenvalue weighted by Gasteiger charge is -2.02. The van der Waals surface area contributed by atoms with Gasteiger partial charge in [0.2, 0.25) is 0 Å². The lowest BCUT2D eigenvalue weighted by Crippen LogP contribution is -2.15.